The number of amides is 1. The summed E-state index contributed by atoms with van der Waals surface area (Å²) < 4.78 is 1.91. The molecule has 3 aromatic rings. The molecule has 0 radical (unpaired) electrons. The van der Waals surface area contributed by atoms with E-state index in [0.29, 0.717) is 29.4 Å². The number of terminal acetylenes is 1. The summed E-state index contributed by atoms with van der Waals surface area (Å²) in [6.07, 6.45) is 11.1. The summed E-state index contributed by atoms with van der Waals surface area (Å²) in [5.41, 5.74) is 8.03. The normalized spacial score (nSPS) is 18.6. The standard InChI is InChI=1S/C27H27N5O2.ClH/c1-2-13-29-26(33)18-9-12-20-21(15-25-30-22-5-3-4-6-23(22)31-25)27(34)32(24(20)14-18)16-17-7-10-19(28)11-8-17;/h1,3-6,9,12,14-15,17,19,34H,7-8,10-11,13,16,28H2,(H,29,33);1H. The van der Waals surface area contributed by atoms with E-state index in [1.807, 2.05) is 47.0 Å². The fourth-order valence-electron chi connectivity index (χ4n) is 4.81. The van der Waals surface area contributed by atoms with Crippen molar-refractivity contribution in [1.29, 1.82) is 0 Å². The maximum absolute atomic E-state index is 12.5. The predicted octanol–water partition coefficient (Wildman–Crippen LogP) is 2.90. The summed E-state index contributed by atoms with van der Waals surface area (Å²) >= 11 is 0. The predicted molar refractivity (Wildman–Crippen MR) is 139 cm³/mol. The van der Waals surface area contributed by atoms with Crippen LogP contribution in [0.4, 0.5) is 0 Å². The maximum Gasteiger partial charge on any atom is 0.252 e. The first-order valence-corrected chi connectivity index (χ1v) is 11.6. The molecule has 7 nitrogen and oxygen atoms in total. The SMILES string of the molecule is C#CCNC(=O)c1ccc2c(C=C3N=c4ccccc4=N3)c(O)n(CC3CCC(N)CC3)c2c1.Cl. The minimum Gasteiger partial charge on any atom is -0.494 e. The van der Waals surface area contributed by atoms with Crippen molar-refractivity contribution in [2.24, 2.45) is 21.6 Å². The van der Waals surface area contributed by atoms with Crippen molar-refractivity contribution in [1.82, 2.24) is 9.88 Å². The van der Waals surface area contributed by atoms with Gasteiger partial charge in [0.25, 0.3) is 5.91 Å². The summed E-state index contributed by atoms with van der Waals surface area (Å²) in [6.45, 7) is 0.814. The number of hydrogen-bond acceptors (Lipinski definition) is 5. The van der Waals surface area contributed by atoms with Gasteiger partial charge in [-0.3, -0.25) is 4.79 Å². The first kappa shape index (κ1) is 24.5. The van der Waals surface area contributed by atoms with Gasteiger partial charge in [-0.2, -0.15) is 0 Å². The molecular weight excluding hydrogens is 462 g/mol. The number of carbonyl (C=O) groups is 1. The van der Waals surface area contributed by atoms with Crippen molar-refractivity contribution in [3.05, 3.63) is 70.1 Å². The number of benzene rings is 2. The fraction of sp³-hybridized carbons (Fsp3) is 0.296. The quantitative estimate of drug-likeness (QED) is 0.480. The highest BCUT2D eigenvalue weighted by Crippen LogP contribution is 2.36. The Labute approximate surface area is 209 Å². The van der Waals surface area contributed by atoms with Crippen LogP contribution in [0.25, 0.3) is 17.0 Å². The highest BCUT2D eigenvalue weighted by atomic mass is 35.5. The van der Waals surface area contributed by atoms with E-state index < -0.39 is 0 Å². The second-order valence-corrected chi connectivity index (χ2v) is 8.96. The molecule has 0 spiro atoms. The Kier molecular flexibility index (Phi) is 7.25. The first-order valence-electron chi connectivity index (χ1n) is 11.6. The minimum absolute atomic E-state index is 0. The van der Waals surface area contributed by atoms with Gasteiger partial charge in [-0.1, -0.05) is 24.1 Å². The van der Waals surface area contributed by atoms with E-state index in [-0.39, 0.29) is 36.8 Å². The first-order chi connectivity index (χ1) is 16.5. The zero-order valence-corrected chi connectivity index (χ0v) is 20.1. The van der Waals surface area contributed by atoms with Crippen LogP contribution in [0.2, 0.25) is 0 Å². The molecule has 35 heavy (non-hydrogen) atoms. The van der Waals surface area contributed by atoms with Crippen molar-refractivity contribution in [2.75, 3.05) is 6.54 Å². The van der Waals surface area contributed by atoms with Gasteiger partial charge in [0.05, 0.1) is 22.8 Å². The zero-order chi connectivity index (χ0) is 23.7. The number of nitrogens with zero attached hydrogens (tertiary/aromatic N) is 3. The Balaban J connectivity index is 0.00000289. The van der Waals surface area contributed by atoms with Gasteiger partial charge in [-0.25, -0.2) is 9.98 Å². The molecule has 1 fully saturated rings. The van der Waals surface area contributed by atoms with E-state index in [0.717, 1.165) is 47.3 Å². The van der Waals surface area contributed by atoms with E-state index in [2.05, 4.69) is 21.2 Å². The summed E-state index contributed by atoms with van der Waals surface area (Å²) in [5.74, 6) is 3.27. The third kappa shape index (κ3) is 4.95. The van der Waals surface area contributed by atoms with Gasteiger partial charge in [-0.15, -0.1) is 18.8 Å². The van der Waals surface area contributed by atoms with Crippen molar-refractivity contribution in [3.63, 3.8) is 0 Å². The minimum atomic E-state index is -0.244. The molecule has 1 aromatic heterocycles. The van der Waals surface area contributed by atoms with Crippen LogP contribution in [0.5, 0.6) is 5.88 Å². The van der Waals surface area contributed by atoms with Gasteiger partial charge < -0.3 is 20.7 Å². The molecule has 4 N–H and O–H groups in total. The maximum atomic E-state index is 12.5. The lowest BCUT2D eigenvalue weighted by atomic mass is 9.86. The third-order valence-corrected chi connectivity index (χ3v) is 6.65. The molecule has 1 amide bonds. The highest BCUT2D eigenvalue weighted by molar-refractivity contribution is 6.01. The summed E-state index contributed by atoms with van der Waals surface area (Å²) in [6, 6.07) is 13.4. The number of hydrogen-bond donors (Lipinski definition) is 3. The van der Waals surface area contributed by atoms with Crippen LogP contribution in [-0.2, 0) is 6.54 Å². The van der Waals surface area contributed by atoms with E-state index in [1.54, 1.807) is 6.07 Å². The molecule has 0 atom stereocenters. The lowest BCUT2D eigenvalue weighted by Gasteiger charge is -2.26. The summed E-state index contributed by atoms with van der Waals surface area (Å²) in [4.78, 5) is 21.7. The Hall–Kier alpha value is -3.60. The van der Waals surface area contributed by atoms with Crippen molar-refractivity contribution in [3.8, 4) is 18.2 Å². The Morgan fingerprint density at radius 2 is 1.86 bits per heavy atom. The Morgan fingerprint density at radius 3 is 2.51 bits per heavy atom. The lowest BCUT2D eigenvalue weighted by Crippen LogP contribution is -2.28. The number of aromatic hydroxyl groups is 1. The molecule has 0 bridgehead atoms. The monoisotopic (exact) mass is 489 g/mol. The average Bonchev–Trinajstić information content (AvgIpc) is 3.37. The van der Waals surface area contributed by atoms with Crippen LogP contribution in [0.15, 0.2) is 58.3 Å². The number of nitrogens with two attached hydrogens (primary N) is 1. The van der Waals surface area contributed by atoms with Crippen molar-refractivity contribution < 1.29 is 9.90 Å². The van der Waals surface area contributed by atoms with Crippen LogP contribution in [0.1, 0.15) is 41.6 Å². The molecule has 1 aliphatic heterocycles. The van der Waals surface area contributed by atoms with E-state index >= 15 is 0 Å². The number of rotatable bonds is 5. The van der Waals surface area contributed by atoms with E-state index in [9.17, 15) is 9.90 Å². The second kappa shape index (κ2) is 10.3. The molecule has 1 saturated carbocycles. The molecule has 2 aliphatic rings. The topological polar surface area (TPSA) is 105 Å². The van der Waals surface area contributed by atoms with Crippen LogP contribution in [-0.4, -0.2) is 28.2 Å². The molecule has 8 heteroatoms. The fourth-order valence-corrected chi connectivity index (χ4v) is 4.81. The van der Waals surface area contributed by atoms with Gasteiger partial charge in [0.15, 0.2) is 11.7 Å². The van der Waals surface area contributed by atoms with Gasteiger partial charge >= 0.3 is 0 Å². The van der Waals surface area contributed by atoms with E-state index in [1.165, 1.54) is 0 Å². The third-order valence-electron chi connectivity index (χ3n) is 6.65. The number of nitrogens with one attached hydrogen (secondary N) is 1. The number of halogens is 1. The van der Waals surface area contributed by atoms with Gasteiger partial charge in [0, 0.05) is 29.1 Å². The number of aromatic nitrogens is 1. The molecular formula is C27H28ClN5O2. The molecule has 5 rings (SSSR count). The molecule has 0 saturated heterocycles. The Morgan fingerprint density at radius 1 is 1.17 bits per heavy atom. The second-order valence-electron chi connectivity index (χ2n) is 8.96. The molecule has 0 unspecified atom stereocenters. The number of carbonyl (C=O) groups excluding carboxylic acids is 1. The van der Waals surface area contributed by atoms with E-state index in [4.69, 9.17) is 12.2 Å². The highest BCUT2D eigenvalue weighted by Gasteiger charge is 2.23. The molecule has 180 valence electrons. The Bertz CT molecular complexity index is 1420. The van der Waals surface area contributed by atoms with Crippen LogP contribution < -0.4 is 21.8 Å². The summed E-state index contributed by atoms with van der Waals surface area (Å²) in [7, 11) is 0. The summed E-state index contributed by atoms with van der Waals surface area (Å²) in [5, 5.41) is 16.5. The van der Waals surface area contributed by atoms with Crippen molar-refractivity contribution in [2.45, 2.75) is 38.3 Å². The lowest BCUT2D eigenvalue weighted by molar-refractivity contribution is 0.0959. The molecule has 2 aromatic carbocycles. The molecule has 2 heterocycles. The van der Waals surface area contributed by atoms with Crippen LogP contribution in [0, 0.1) is 18.3 Å². The van der Waals surface area contributed by atoms with Gasteiger partial charge in [-0.05, 0) is 61.9 Å². The van der Waals surface area contributed by atoms with Crippen LogP contribution in [0.3, 0.4) is 0 Å². The van der Waals surface area contributed by atoms with Crippen molar-refractivity contribution >= 4 is 35.3 Å². The van der Waals surface area contributed by atoms with Gasteiger partial charge in [0.1, 0.15) is 0 Å². The molecule has 1 aliphatic carbocycles. The zero-order valence-electron chi connectivity index (χ0n) is 19.3. The van der Waals surface area contributed by atoms with Crippen LogP contribution >= 0.6 is 12.4 Å². The number of para-hydroxylation sites is 2. The largest absolute Gasteiger partial charge is 0.494 e. The smallest absolute Gasteiger partial charge is 0.252 e. The van der Waals surface area contributed by atoms with Gasteiger partial charge in [0.2, 0.25) is 0 Å². The average molecular weight is 490 g/mol. The number of fused-ring (bicyclic) bond motifs is 2.